The molecule has 6 heteroatoms. The normalized spacial score (nSPS) is 11.7. The smallest absolute Gasteiger partial charge is 0.255 e. The van der Waals surface area contributed by atoms with Crippen LogP contribution in [0.15, 0.2) is 48.5 Å². The molecule has 0 aliphatic heterocycles. The molecule has 0 saturated heterocycles. The van der Waals surface area contributed by atoms with Crippen molar-refractivity contribution in [1.82, 2.24) is 5.32 Å². The first kappa shape index (κ1) is 15.3. The molecule has 2 aromatic carbocycles. The van der Waals surface area contributed by atoms with Crippen molar-refractivity contribution in [3.8, 4) is 5.75 Å². The summed E-state index contributed by atoms with van der Waals surface area (Å²) in [7, 11) is 0. The average Bonchev–Trinajstić information content (AvgIpc) is 2.45. The summed E-state index contributed by atoms with van der Waals surface area (Å²) in [6.07, 6.45) is 0. The van der Waals surface area contributed by atoms with E-state index in [0.29, 0.717) is 5.02 Å². The van der Waals surface area contributed by atoms with Gasteiger partial charge in [0.25, 0.3) is 5.91 Å². The first-order valence-electron chi connectivity index (χ1n) is 6.12. The summed E-state index contributed by atoms with van der Waals surface area (Å²) >= 11 is 10.7. The predicted octanol–water partition coefficient (Wildman–Crippen LogP) is 2.80. The Morgan fingerprint density at radius 2 is 1.90 bits per heavy atom. The van der Waals surface area contributed by atoms with Crippen molar-refractivity contribution >= 4 is 34.7 Å². The van der Waals surface area contributed by atoms with E-state index in [9.17, 15) is 9.90 Å². The Kier molecular flexibility index (Phi) is 4.77. The number of phenolic OH excluding ortho intramolecular Hbond substituents is 1. The molecule has 4 N–H and O–H groups in total. The zero-order valence-electron chi connectivity index (χ0n) is 10.9. The number of benzene rings is 2. The van der Waals surface area contributed by atoms with E-state index in [1.54, 1.807) is 0 Å². The number of hydrogen-bond acceptors (Lipinski definition) is 3. The number of aromatic hydroxyl groups is 1. The molecular formula is C15H13ClN2O2S. The van der Waals surface area contributed by atoms with Crippen LogP contribution in [0, 0.1) is 0 Å². The standard InChI is InChI=1S/C15H13ClN2O2S/c16-10-6-7-11(12(19)8-10)15(20)18-13(14(17)21)9-4-2-1-3-5-9/h1-8,13,19H,(H2,17,21)(H,18,20). The van der Waals surface area contributed by atoms with Gasteiger partial charge in [-0.2, -0.15) is 0 Å². The highest BCUT2D eigenvalue weighted by Crippen LogP contribution is 2.23. The Balaban J connectivity index is 2.25. The summed E-state index contributed by atoms with van der Waals surface area (Å²) in [5, 5.41) is 12.8. The lowest BCUT2D eigenvalue weighted by atomic mass is 10.1. The molecule has 1 atom stereocenters. The Bertz CT molecular complexity index is 677. The van der Waals surface area contributed by atoms with Gasteiger partial charge in [0.2, 0.25) is 0 Å². The molecule has 21 heavy (non-hydrogen) atoms. The van der Waals surface area contributed by atoms with Crippen LogP contribution >= 0.6 is 23.8 Å². The molecule has 0 saturated carbocycles. The number of rotatable bonds is 4. The van der Waals surface area contributed by atoms with Gasteiger partial charge in [0.05, 0.1) is 5.56 Å². The van der Waals surface area contributed by atoms with Crippen molar-refractivity contribution in [2.24, 2.45) is 5.73 Å². The van der Waals surface area contributed by atoms with Crippen LogP contribution in [0.4, 0.5) is 0 Å². The van der Waals surface area contributed by atoms with Crippen molar-refractivity contribution in [3.63, 3.8) is 0 Å². The quantitative estimate of drug-likeness (QED) is 0.757. The summed E-state index contributed by atoms with van der Waals surface area (Å²) in [5.41, 5.74) is 6.57. The van der Waals surface area contributed by atoms with Crippen molar-refractivity contribution < 1.29 is 9.90 Å². The number of nitrogens with one attached hydrogen (secondary N) is 1. The lowest BCUT2D eigenvalue weighted by Crippen LogP contribution is -2.36. The van der Waals surface area contributed by atoms with Crippen LogP contribution in [-0.2, 0) is 0 Å². The highest BCUT2D eigenvalue weighted by Gasteiger charge is 2.20. The minimum atomic E-state index is -0.608. The second kappa shape index (κ2) is 6.56. The third kappa shape index (κ3) is 3.71. The maximum Gasteiger partial charge on any atom is 0.255 e. The van der Waals surface area contributed by atoms with Crippen LogP contribution in [0.1, 0.15) is 22.0 Å². The molecule has 0 bridgehead atoms. The first-order valence-corrected chi connectivity index (χ1v) is 6.91. The van der Waals surface area contributed by atoms with Crippen LogP contribution in [0.2, 0.25) is 5.02 Å². The minimum absolute atomic E-state index is 0.108. The molecule has 0 heterocycles. The Morgan fingerprint density at radius 1 is 1.24 bits per heavy atom. The fourth-order valence-corrected chi connectivity index (χ4v) is 2.23. The highest BCUT2D eigenvalue weighted by atomic mass is 35.5. The van der Waals surface area contributed by atoms with Crippen molar-refractivity contribution in [2.75, 3.05) is 0 Å². The lowest BCUT2D eigenvalue weighted by Gasteiger charge is -2.18. The van der Waals surface area contributed by atoms with Crippen LogP contribution in [0.3, 0.4) is 0 Å². The maximum absolute atomic E-state index is 12.2. The summed E-state index contributed by atoms with van der Waals surface area (Å²) < 4.78 is 0. The SMILES string of the molecule is NC(=S)C(NC(=O)c1ccc(Cl)cc1O)c1ccccc1. The van der Waals surface area contributed by atoms with Gasteiger partial charge in [-0.05, 0) is 23.8 Å². The molecule has 1 unspecified atom stereocenters. The number of nitrogens with two attached hydrogens (primary N) is 1. The van der Waals surface area contributed by atoms with Gasteiger partial charge >= 0.3 is 0 Å². The van der Waals surface area contributed by atoms with Crippen LogP contribution in [0.5, 0.6) is 5.75 Å². The molecule has 1 amide bonds. The van der Waals surface area contributed by atoms with E-state index in [0.717, 1.165) is 5.56 Å². The van der Waals surface area contributed by atoms with Gasteiger partial charge < -0.3 is 16.2 Å². The molecule has 2 rings (SSSR count). The molecule has 108 valence electrons. The second-order valence-electron chi connectivity index (χ2n) is 4.38. The van der Waals surface area contributed by atoms with Gasteiger partial charge in [0, 0.05) is 5.02 Å². The van der Waals surface area contributed by atoms with E-state index in [1.165, 1.54) is 18.2 Å². The number of carbonyl (C=O) groups excluding carboxylic acids is 1. The van der Waals surface area contributed by atoms with Gasteiger partial charge in [-0.3, -0.25) is 4.79 Å². The number of carbonyl (C=O) groups is 1. The van der Waals surface area contributed by atoms with E-state index in [1.807, 2.05) is 30.3 Å². The maximum atomic E-state index is 12.2. The van der Waals surface area contributed by atoms with E-state index in [4.69, 9.17) is 29.6 Å². The van der Waals surface area contributed by atoms with Gasteiger partial charge in [0.15, 0.2) is 0 Å². The number of amides is 1. The minimum Gasteiger partial charge on any atom is -0.507 e. The highest BCUT2D eigenvalue weighted by molar-refractivity contribution is 7.80. The Morgan fingerprint density at radius 3 is 2.48 bits per heavy atom. The zero-order valence-corrected chi connectivity index (χ0v) is 12.5. The molecule has 0 fully saturated rings. The molecular weight excluding hydrogens is 308 g/mol. The predicted molar refractivity (Wildman–Crippen MR) is 86.6 cm³/mol. The zero-order chi connectivity index (χ0) is 15.4. The Hall–Kier alpha value is -2.11. The molecule has 0 aliphatic rings. The molecule has 0 aromatic heterocycles. The van der Waals surface area contributed by atoms with Crippen molar-refractivity contribution in [2.45, 2.75) is 6.04 Å². The van der Waals surface area contributed by atoms with Gasteiger partial charge in [0.1, 0.15) is 16.8 Å². The fraction of sp³-hybridized carbons (Fsp3) is 0.0667. The molecule has 4 nitrogen and oxygen atoms in total. The number of thiocarbonyl (C=S) groups is 1. The van der Waals surface area contributed by atoms with E-state index in [2.05, 4.69) is 5.32 Å². The van der Waals surface area contributed by atoms with E-state index < -0.39 is 11.9 Å². The molecule has 0 aliphatic carbocycles. The van der Waals surface area contributed by atoms with Crippen LogP contribution in [-0.4, -0.2) is 16.0 Å². The van der Waals surface area contributed by atoms with Gasteiger partial charge in [-0.1, -0.05) is 54.2 Å². The third-order valence-corrected chi connectivity index (χ3v) is 3.37. The molecule has 0 spiro atoms. The van der Waals surface area contributed by atoms with Crippen molar-refractivity contribution in [1.29, 1.82) is 0 Å². The summed E-state index contributed by atoms with van der Waals surface area (Å²) in [6, 6.07) is 12.8. The topological polar surface area (TPSA) is 75.3 Å². The van der Waals surface area contributed by atoms with Crippen LogP contribution in [0.25, 0.3) is 0 Å². The average molecular weight is 321 g/mol. The molecule has 2 aromatic rings. The summed E-state index contributed by atoms with van der Waals surface area (Å²) in [5.74, 6) is -0.680. The summed E-state index contributed by atoms with van der Waals surface area (Å²) in [6.45, 7) is 0. The monoisotopic (exact) mass is 320 g/mol. The van der Waals surface area contributed by atoms with Crippen LogP contribution < -0.4 is 11.1 Å². The summed E-state index contributed by atoms with van der Waals surface area (Å²) in [4.78, 5) is 12.4. The van der Waals surface area contributed by atoms with Gasteiger partial charge in [-0.25, -0.2) is 0 Å². The van der Waals surface area contributed by atoms with Gasteiger partial charge in [-0.15, -0.1) is 0 Å². The lowest BCUT2D eigenvalue weighted by molar-refractivity contribution is 0.0944. The second-order valence-corrected chi connectivity index (χ2v) is 5.29. The van der Waals surface area contributed by atoms with E-state index >= 15 is 0 Å². The fourth-order valence-electron chi connectivity index (χ4n) is 1.87. The Labute approximate surface area is 132 Å². The number of halogens is 1. The third-order valence-electron chi connectivity index (χ3n) is 2.90. The van der Waals surface area contributed by atoms with E-state index in [-0.39, 0.29) is 16.3 Å². The number of phenols is 1. The van der Waals surface area contributed by atoms with Crippen molar-refractivity contribution in [3.05, 3.63) is 64.7 Å². The first-order chi connectivity index (χ1) is 9.99. The molecule has 0 radical (unpaired) electrons. The number of hydrogen-bond donors (Lipinski definition) is 3. The largest absolute Gasteiger partial charge is 0.507 e.